The lowest BCUT2D eigenvalue weighted by Gasteiger charge is -2.49. The molecule has 0 radical (unpaired) electrons. The second-order valence-corrected chi connectivity index (χ2v) is 9.21. The van der Waals surface area contributed by atoms with Gasteiger partial charge in [-0.2, -0.15) is 17.0 Å². The number of pyridine rings is 1. The van der Waals surface area contributed by atoms with E-state index in [0.29, 0.717) is 38.8 Å². The van der Waals surface area contributed by atoms with Crippen LogP contribution in [0.2, 0.25) is 0 Å². The average molecular weight is 369 g/mol. The van der Waals surface area contributed by atoms with Gasteiger partial charge in [-0.3, -0.25) is 4.98 Å². The summed E-state index contributed by atoms with van der Waals surface area (Å²) in [5, 5.41) is 0. The minimum absolute atomic E-state index is 0.325. The molecule has 2 saturated heterocycles. The Balaban J connectivity index is 1.47. The van der Waals surface area contributed by atoms with Gasteiger partial charge in [0, 0.05) is 46.1 Å². The summed E-state index contributed by atoms with van der Waals surface area (Å²) in [5.74, 6) is 0.339. The zero-order chi connectivity index (χ0) is 18.1. The molecule has 0 saturated carbocycles. The summed E-state index contributed by atoms with van der Waals surface area (Å²) in [5.41, 5.74) is 1.60. The number of rotatable bonds is 7. The van der Waals surface area contributed by atoms with E-state index in [1.807, 2.05) is 25.1 Å². The van der Waals surface area contributed by atoms with Crippen LogP contribution in [0.1, 0.15) is 24.2 Å². The number of ether oxygens (including phenoxy) is 2. The van der Waals surface area contributed by atoms with E-state index < -0.39 is 10.2 Å². The minimum atomic E-state index is -3.35. The molecular formula is C17H27N3O4S. The highest BCUT2D eigenvalue weighted by atomic mass is 32.2. The summed E-state index contributed by atoms with van der Waals surface area (Å²) in [4.78, 5) is 4.42. The molecule has 8 heteroatoms. The zero-order valence-corrected chi connectivity index (χ0v) is 16.0. The first-order chi connectivity index (χ1) is 11.8. The average Bonchev–Trinajstić information content (AvgIpc) is 2.94. The highest BCUT2D eigenvalue weighted by molar-refractivity contribution is 7.86. The van der Waals surface area contributed by atoms with Crippen LogP contribution < -0.4 is 0 Å². The highest BCUT2D eigenvalue weighted by Gasteiger charge is 2.56. The van der Waals surface area contributed by atoms with Crippen LogP contribution in [0.5, 0.6) is 0 Å². The third-order valence-electron chi connectivity index (χ3n) is 5.08. The normalized spacial score (nSPS) is 23.3. The maximum atomic E-state index is 12.2. The number of nitrogens with zero attached hydrogens (tertiary/aromatic N) is 3. The van der Waals surface area contributed by atoms with Crippen LogP contribution in [0.15, 0.2) is 18.2 Å². The van der Waals surface area contributed by atoms with Crippen LogP contribution in [-0.4, -0.2) is 68.0 Å². The van der Waals surface area contributed by atoms with E-state index >= 15 is 0 Å². The molecule has 0 amide bonds. The number of aromatic nitrogens is 1. The van der Waals surface area contributed by atoms with Crippen molar-refractivity contribution < 1.29 is 17.9 Å². The van der Waals surface area contributed by atoms with Crippen molar-refractivity contribution in [3.05, 3.63) is 29.6 Å². The summed E-state index contributed by atoms with van der Waals surface area (Å²) in [6.45, 7) is 4.68. The second-order valence-electron chi connectivity index (χ2n) is 7.07. The Labute approximate surface area is 150 Å². The second kappa shape index (κ2) is 7.28. The summed E-state index contributed by atoms with van der Waals surface area (Å²) in [6, 6.07) is 5.91. The number of aryl methyl sites for hydroxylation is 1. The van der Waals surface area contributed by atoms with Gasteiger partial charge in [-0.15, -0.1) is 0 Å². The van der Waals surface area contributed by atoms with Crippen molar-refractivity contribution in [2.24, 2.45) is 5.92 Å². The zero-order valence-electron chi connectivity index (χ0n) is 15.1. The van der Waals surface area contributed by atoms with E-state index in [-0.39, 0.29) is 5.60 Å². The Morgan fingerprint density at radius 1 is 1.40 bits per heavy atom. The van der Waals surface area contributed by atoms with Crippen molar-refractivity contribution in [3.63, 3.8) is 0 Å². The first-order valence-electron chi connectivity index (χ1n) is 8.65. The topological polar surface area (TPSA) is 72.0 Å². The molecule has 0 N–H and O–H groups in total. The molecule has 0 aromatic carbocycles. The number of hydrogen-bond acceptors (Lipinski definition) is 5. The van der Waals surface area contributed by atoms with Crippen LogP contribution in [0.4, 0.5) is 0 Å². The van der Waals surface area contributed by atoms with Gasteiger partial charge in [0.1, 0.15) is 0 Å². The van der Waals surface area contributed by atoms with Crippen LogP contribution in [0.3, 0.4) is 0 Å². The minimum Gasteiger partial charge on any atom is -0.375 e. The van der Waals surface area contributed by atoms with Gasteiger partial charge in [0.15, 0.2) is 0 Å². The fourth-order valence-electron chi connectivity index (χ4n) is 3.57. The van der Waals surface area contributed by atoms with Crippen molar-refractivity contribution in [2.75, 3.05) is 40.4 Å². The molecule has 1 atom stereocenters. The molecule has 0 bridgehead atoms. The SMILES string of the molecule is Cc1cccc(COCC[C@H]2CCOC23CN(S(=O)(=O)N(C)C)C3)n1. The summed E-state index contributed by atoms with van der Waals surface area (Å²) in [6.07, 6.45) is 1.84. The first-order valence-corrected chi connectivity index (χ1v) is 10.0. The van der Waals surface area contributed by atoms with Crippen molar-refractivity contribution >= 4 is 10.2 Å². The summed E-state index contributed by atoms with van der Waals surface area (Å²) in [7, 11) is -0.233. The molecule has 3 heterocycles. The van der Waals surface area contributed by atoms with Crippen molar-refractivity contribution in [2.45, 2.75) is 32.0 Å². The summed E-state index contributed by atoms with van der Waals surface area (Å²) < 4.78 is 38.8. The van der Waals surface area contributed by atoms with Crippen molar-refractivity contribution in [3.8, 4) is 0 Å². The largest absolute Gasteiger partial charge is 0.375 e. The fourth-order valence-corrected chi connectivity index (χ4v) is 4.79. The molecule has 2 aliphatic heterocycles. The Bertz CT molecular complexity index is 702. The van der Waals surface area contributed by atoms with Gasteiger partial charge < -0.3 is 9.47 Å². The van der Waals surface area contributed by atoms with Crippen molar-refractivity contribution in [1.82, 2.24) is 13.6 Å². The van der Waals surface area contributed by atoms with Crippen LogP contribution in [-0.2, 0) is 26.3 Å². The Kier molecular flexibility index (Phi) is 5.45. The Hall–Kier alpha value is -1.06. The quantitative estimate of drug-likeness (QED) is 0.675. The molecule has 1 spiro atoms. The van der Waals surface area contributed by atoms with Gasteiger partial charge in [0.2, 0.25) is 0 Å². The molecule has 140 valence electrons. The van der Waals surface area contributed by atoms with E-state index in [2.05, 4.69) is 4.98 Å². The maximum Gasteiger partial charge on any atom is 0.281 e. The van der Waals surface area contributed by atoms with Crippen LogP contribution in [0, 0.1) is 12.8 Å². The molecular weight excluding hydrogens is 342 g/mol. The van der Waals surface area contributed by atoms with Crippen molar-refractivity contribution in [1.29, 1.82) is 0 Å². The molecule has 25 heavy (non-hydrogen) atoms. The monoisotopic (exact) mass is 369 g/mol. The van der Waals surface area contributed by atoms with Gasteiger partial charge in [-0.25, -0.2) is 0 Å². The summed E-state index contributed by atoms with van der Waals surface area (Å²) >= 11 is 0. The molecule has 3 rings (SSSR count). The lowest BCUT2D eigenvalue weighted by Crippen LogP contribution is -2.67. The predicted molar refractivity (Wildman–Crippen MR) is 94.2 cm³/mol. The first kappa shape index (κ1) is 18.7. The Morgan fingerprint density at radius 2 is 2.16 bits per heavy atom. The third-order valence-corrected chi connectivity index (χ3v) is 6.92. The predicted octanol–water partition coefficient (Wildman–Crippen LogP) is 1.19. The lowest BCUT2D eigenvalue weighted by atomic mass is 9.80. The highest BCUT2D eigenvalue weighted by Crippen LogP contribution is 2.42. The van der Waals surface area contributed by atoms with Gasteiger partial charge in [0.05, 0.1) is 17.9 Å². The van der Waals surface area contributed by atoms with Crippen LogP contribution >= 0.6 is 0 Å². The Morgan fingerprint density at radius 3 is 2.84 bits per heavy atom. The lowest BCUT2D eigenvalue weighted by molar-refractivity contribution is -0.107. The maximum absolute atomic E-state index is 12.2. The fraction of sp³-hybridized carbons (Fsp3) is 0.706. The van der Waals surface area contributed by atoms with E-state index in [1.165, 1.54) is 8.61 Å². The van der Waals surface area contributed by atoms with E-state index in [9.17, 15) is 8.42 Å². The molecule has 2 aliphatic rings. The van der Waals surface area contributed by atoms with Gasteiger partial charge in [0.25, 0.3) is 10.2 Å². The standard InChI is InChI=1S/C17H27N3O4S/c1-14-5-4-6-16(18-14)11-23-9-7-15-8-10-24-17(15)12-20(13-17)25(21,22)19(2)3/h4-6,15H,7-13H2,1-3H3/t15-/m0/s1. The van der Waals surface area contributed by atoms with Gasteiger partial charge in [-0.1, -0.05) is 6.07 Å². The van der Waals surface area contributed by atoms with Gasteiger partial charge in [-0.05, 0) is 37.8 Å². The van der Waals surface area contributed by atoms with Gasteiger partial charge >= 0.3 is 0 Å². The molecule has 1 aromatic rings. The van der Waals surface area contributed by atoms with Crippen LogP contribution in [0.25, 0.3) is 0 Å². The van der Waals surface area contributed by atoms with E-state index in [4.69, 9.17) is 9.47 Å². The molecule has 0 aliphatic carbocycles. The van der Waals surface area contributed by atoms with E-state index in [1.54, 1.807) is 14.1 Å². The van der Waals surface area contributed by atoms with E-state index in [0.717, 1.165) is 24.2 Å². The third kappa shape index (κ3) is 3.88. The number of hydrogen-bond donors (Lipinski definition) is 0. The molecule has 2 fully saturated rings. The molecule has 1 aromatic heterocycles. The molecule has 0 unspecified atom stereocenters. The smallest absolute Gasteiger partial charge is 0.281 e. The molecule has 7 nitrogen and oxygen atoms in total.